The van der Waals surface area contributed by atoms with E-state index in [-0.39, 0.29) is 4.90 Å². The van der Waals surface area contributed by atoms with E-state index >= 15 is 0 Å². The number of rotatable bonds is 3. The molecule has 0 radical (unpaired) electrons. The third-order valence-corrected chi connectivity index (χ3v) is 4.86. The number of anilines is 1. The zero-order valence-corrected chi connectivity index (χ0v) is 12.1. The van der Waals surface area contributed by atoms with E-state index in [1.54, 1.807) is 24.4 Å². The van der Waals surface area contributed by atoms with Gasteiger partial charge in [0.15, 0.2) is 5.13 Å². The normalized spacial score (nSPS) is 11.4. The van der Waals surface area contributed by atoms with Gasteiger partial charge in [0.05, 0.1) is 14.9 Å². The Labute approximate surface area is 112 Å². The van der Waals surface area contributed by atoms with Crippen molar-refractivity contribution in [2.24, 2.45) is 0 Å². The van der Waals surface area contributed by atoms with Gasteiger partial charge >= 0.3 is 0 Å². The summed E-state index contributed by atoms with van der Waals surface area (Å²) in [5.74, 6) is 0. The van der Waals surface area contributed by atoms with E-state index in [4.69, 9.17) is 0 Å². The van der Waals surface area contributed by atoms with Crippen molar-refractivity contribution in [3.05, 3.63) is 39.8 Å². The molecule has 0 saturated heterocycles. The van der Waals surface area contributed by atoms with Crippen molar-refractivity contribution in [3.63, 3.8) is 0 Å². The molecular weight excluding hydrogens is 324 g/mol. The molecule has 0 spiro atoms. The highest BCUT2D eigenvalue weighted by atomic mass is 79.9. The number of nitrogens with zero attached hydrogens (tertiary/aromatic N) is 1. The van der Waals surface area contributed by atoms with Crippen LogP contribution in [0, 0.1) is 6.92 Å². The summed E-state index contributed by atoms with van der Waals surface area (Å²) in [5.41, 5.74) is 0.896. The van der Waals surface area contributed by atoms with Crippen LogP contribution in [0.3, 0.4) is 0 Å². The number of hydrogen-bond donors (Lipinski definition) is 1. The fourth-order valence-corrected chi connectivity index (χ4v) is 3.71. The lowest BCUT2D eigenvalue weighted by molar-refractivity contribution is 0.601. The lowest BCUT2D eigenvalue weighted by atomic mass is 10.2. The van der Waals surface area contributed by atoms with E-state index in [1.165, 1.54) is 11.3 Å². The highest BCUT2D eigenvalue weighted by Crippen LogP contribution is 2.25. The van der Waals surface area contributed by atoms with Gasteiger partial charge in [0.25, 0.3) is 10.0 Å². The number of benzene rings is 1. The lowest BCUT2D eigenvalue weighted by Gasteiger charge is -2.05. The summed E-state index contributed by atoms with van der Waals surface area (Å²) in [6.07, 6.45) is 1.55. The zero-order valence-electron chi connectivity index (χ0n) is 8.84. The molecule has 0 unspecified atom stereocenters. The molecule has 1 aromatic heterocycles. The highest BCUT2D eigenvalue weighted by Gasteiger charge is 2.15. The van der Waals surface area contributed by atoms with Gasteiger partial charge in [0.2, 0.25) is 0 Å². The Balaban J connectivity index is 2.31. The van der Waals surface area contributed by atoms with Crippen LogP contribution < -0.4 is 4.72 Å². The number of nitrogens with one attached hydrogen (secondary N) is 1. The van der Waals surface area contributed by atoms with Crippen LogP contribution in [0.15, 0.2) is 39.1 Å². The quantitative estimate of drug-likeness (QED) is 0.939. The summed E-state index contributed by atoms with van der Waals surface area (Å²) in [7, 11) is -3.55. The van der Waals surface area contributed by atoms with Gasteiger partial charge in [0.1, 0.15) is 0 Å². The third kappa shape index (κ3) is 3.05. The molecule has 1 N–H and O–H groups in total. The number of hydrogen-bond acceptors (Lipinski definition) is 4. The number of thiazole rings is 1. The molecule has 90 valence electrons. The summed E-state index contributed by atoms with van der Waals surface area (Å²) < 4.78 is 27.2. The van der Waals surface area contributed by atoms with Crippen LogP contribution in [0.25, 0.3) is 0 Å². The highest BCUT2D eigenvalue weighted by molar-refractivity contribution is 9.11. The van der Waals surface area contributed by atoms with Crippen molar-refractivity contribution in [2.75, 3.05) is 4.72 Å². The van der Waals surface area contributed by atoms with Crippen molar-refractivity contribution in [1.82, 2.24) is 4.98 Å². The van der Waals surface area contributed by atoms with Crippen LogP contribution in [0.2, 0.25) is 0 Å². The lowest BCUT2D eigenvalue weighted by Crippen LogP contribution is -2.12. The molecule has 0 aliphatic carbocycles. The minimum atomic E-state index is -3.55. The monoisotopic (exact) mass is 332 g/mol. The molecule has 0 amide bonds. The molecule has 4 nitrogen and oxygen atoms in total. The van der Waals surface area contributed by atoms with Gasteiger partial charge in [0, 0.05) is 0 Å². The van der Waals surface area contributed by atoms with Gasteiger partial charge in [-0.25, -0.2) is 13.4 Å². The van der Waals surface area contributed by atoms with E-state index in [2.05, 4.69) is 25.6 Å². The predicted octanol–water partition coefficient (Wildman–Crippen LogP) is 3.01. The van der Waals surface area contributed by atoms with Crippen LogP contribution in [0.1, 0.15) is 5.56 Å². The average molecular weight is 333 g/mol. The van der Waals surface area contributed by atoms with Crippen LogP contribution >= 0.6 is 27.3 Å². The summed E-state index contributed by atoms with van der Waals surface area (Å²) in [5, 5.41) is 0.346. The Morgan fingerprint density at radius 1 is 1.41 bits per heavy atom. The topological polar surface area (TPSA) is 59.1 Å². The van der Waals surface area contributed by atoms with Gasteiger partial charge in [-0.3, -0.25) is 4.72 Å². The zero-order chi connectivity index (χ0) is 12.5. The molecule has 2 rings (SSSR count). The van der Waals surface area contributed by atoms with E-state index in [1.807, 2.05) is 13.0 Å². The fourth-order valence-electron chi connectivity index (χ4n) is 1.26. The summed E-state index contributed by atoms with van der Waals surface area (Å²) >= 11 is 4.46. The minimum Gasteiger partial charge on any atom is -0.255 e. The Morgan fingerprint density at radius 2 is 2.18 bits per heavy atom. The van der Waals surface area contributed by atoms with E-state index in [0.29, 0.717) is 5.13 Å². The summed E-state index contributed by atoms with van der Waals surface area (Å²) in [6.45, 7) is 1.85. The standard InChI is InChI=1S/C10H9BrN2O2S2/c1-7-3-2-4-8(5-7)17(14,15)13-10-12-6-9(11)16-10/h2-6H,1H3,(H,12,13). The van der Waals surface area contributed by atoms with Gasteiger partial charge in [-0.1, -0.05) is 23.5 Å². The Hall–Kier alpha value is -0.920. The van der Waals surface area contributed by atoms with Crippen LogP contribution in [-0.4, -0.2) is 13.4 Å². The first-order valence-electron chi connectivity index (χ1n) is 4.68. The van der Waals surface area contributed by atoms with Crippen molar-refractivity contribution in [2.45, 2.75) is 11.8 Å². The van der Waals surface area contributed by atoms with Crippen molar-refractivity contribution < 1.29 is 8.42 Å². The molecule has 1 heterocycles. The molecule has 0 aliphatic rings. The maximum atomic E-state index is 12.0. The Kier molecular flexibility index (Phi) is 3.50. The molecular formula is C10H9BrN2O2S2. The van der Waals surface area contributed by atoms with Crippen molar-refractivity contribution in [1.29, 1.82) is 0 Å². The predicted molar refractivity (Wildman–Crippen MR) is 71.8 cm³/mol. The van der Waals surface area contributed by atoms with E-state index in [9.17, 15) is 8.42 Å². The largest absolute Gasteiger partial charge is 0.263 e. The molecule has 1 aromatic carbocycles. The Morgan fingerprint density at radius 3 is 2.76 bits per heavy atom. The molecule has 0 saturated carbocycles. The smallest absolute Gasteiger partial charge is 0.255 e. The fraction of sp³-hybridized carbons (Fsp3) is 0.100. The molecule has 2 aromatic rings. The number of aromatic nitrogens is 1. The second-order valence-electron chi connectivity index (χ2n) is 3.39. The number of aryl methyl sites for hydroxylation is 1. The van der Waals surface area contributed by atoms with Gasteiger partial charge in [-0.05, 0) is 40.5 Å². The average Bonchev–Trinajstić information content (AvgIpc) is 2.63. The Bertz CT molecular complexity index is 637. The maximum Gasteiger partial charge on any atom is 0.263 e. The first-order chi connectivity index (χ1) is 7.97. The molecule has 0 fully saturated rings. The summed E-state index contributed by atoms with van der Waals surface area (Å²) in [6, 6.07) is 6.73. The number of sulfonamides is 1. The maximum absolute atomic E-state index is 12.0. The molecule has 0 bridgehead atoms. The second-order valence-corrected chi connectivity index (χ2v) is 7.48. The van der Waals surface area contributed by atoms with Crippen LogP contribution in [0.5, 0.6) is 0 Å². The number of halogens is 1. The van der Waals surface area contributed by atoms with Gasteiger partial charge < -0.3 is 0 Å². The van der Waals surface area contributed by atoms with Crippen LogP contribution in [0.4, 0.5) is 5.13 Å². The molecule has 0 aliphatic heterocycles. The second kappa shape index (κ2) is 4.75. The third-order valence-electron chi connectivity index (χ3n) is 2.00. The van der Waals surface area contributed by atoms with Crippen molar-refractivity contribution in [3.8, 4) is 0 Å². The van der Waals surface area contributed by atoms with E-state index < -0.39 is 10.0 Å². The van der Waals surface area contributed by atoms with Gasteiger partial charge in [-0.15, -0.1) is 0 Å². The first kappa shape index (κ1) is 12.5. The minimum absolute atomic E-state index is 0.240. The van der Waals surface area contributed by atoms with Crippen LogP contribution in [-0.2, 0) is 10.0 Å². The molecule has 7 heteroatoms. The first-order valence-corrected chi connectivity index (χ1v) is 7.77. The molecule has 17 heavy (non-hydrogen) atoms. The molecule has 0 atom stereocenters. The van der Waals surface area contributed by atoms with Crippen molar-refractivity contribution >= 4 is 42.4 Å². The van der Waals surface area contributed by atoms with Gasteiger partial charge in [-0.2, -0.15) is 0 Å². The summed E-state index contributed by atoms with van der Waals surface area (Å²) in [4.78, 5) is 4.17. The van der Waals surface area contributed by atoms with E-state index in [0.717, 1.165) is 9.35 Å². The SMILES string of the molecule is Cc1cccc(S(=O)(=O)Nc2ncc(Br)s2)c1.